The van der Waals surface area contributed by atoms with Crippen molar-refractivity contribution < 1.29 is 4.39 Å². The molecule has 3 rings (SSSR count). The summed E-state index contributed by atoms with van der Waals surface area (Å²) >= 11 is 0. The first kappa shape index (κ1) is 12.5. The molecule has 1 saturated heterocycles. The van der Waals surface area contributed by atoms with Crippen molar-refractivity contribution in [1.82, 2.24) is 19.5 Å². The van der Waals surface area contributed by atoms with Gasteiger partial charge < -0.3 is 0 Å². The van der Waals surface area contributed by atoms with Crippen molar-refractivity contribution in [2.75, 3.05) is 6.54 Å². The summed E-state index contributed by atoms with van der Waals surface area (Å²) in [4.78, 5) is 2.44. The normalized spacial score (nSPS) is 21.4. The summed E-state index contributed by atoms with van der Waals surface area (Å²) in [5.74, 6) is 0.614. The van der Waals surface area contributed by atoms with Crippen molar-refractivity contribution in [3.8, 4) is 0 Å². The smallest absolute Gasteiger partial charge is 0.160 e. The minimum Gasteiger partial charge on any atom is -0.291 e. The number of aromatic nitrogens is 3. The van der Waals surface area contributed by atoms with Crippen LogP contribution in [0.1, 0.15) is 45.0 Å². The summed E-state index contributed by atoms with van der Waals surface area (Å²) in [6.45, 7) is 5.47. The van der Waals surface area contributed by atoms with Gasteiger partial charge in [0.15, 0.2) is 11.5 Å². The molecule has 0 saturated carbocycles. The molecule has 1 aliphatic heterocycles. The van der Waals surface area contributed by atoms with Crippen molar-refractivity contribution >= 4 is 5.65 Å². The number of rotatable bonds is 2. The summed E-state index contributed by atoms with van der Waals surface area (Å²) in [5, 5.41) is 8.45. The molecule has 0 spiro atoms. The van der Waals surface area contributed by atoms with E-state index in [1.807, 2.05) is 0 Å². The van der Waals surface area contributed by atoms with Crippen LogP contribution in [0.5, 0.6) is 0 Å². The number of hydrogen-bond acceptors (Lipinski definition) is 3. The summed E-state index contributed by atoms with van der Waals surface area (Å²) in [7, 11) is 0. The lowest BCUT2D eigenvalue weighted by Gasteiger charge is -2.37. The molecule has 102 valence electrons. The Labute approximate surface area is 112 Å². The lowest BCUT2D eigenvalue weighted by atomic mass is 10.00. The average molecular weight is 262 g/mol. The summed E-state index contributed by atoms with van der Waals surface area (Å²) < 4.78 is 15.2. The fraction of sp³-hybridized carbons (Fsp3) is 0.571. The molecule has 0 aromatic carbocycles. The van der Waals surface area contributed by atoms with E-state index >= 15 is 0 Å². The molecule has 3 heterocycles. The van der Waals surface area contributed by atoms with Gasteiger partial charge in [-0.3, -0.25) is 9.30 Å². The number of nitrogens with zero attached hydrogens (tertiary/aromatic N) is 4. The maximum Gasteiger partial charge on any atom is 0.160 e. The van der Waals surface area contributed by atoms with Gasteiger partial charge in [0, 0.05) is 12.2 Å². The van der Waals surface area contributed by atoms with Gasteiger partial charge in [-0.2, -0.15) is 0 Å². The van der Waals surface area contributed by atoms with Gasteiger partial charge in [-0.25, -0.2) is 4.39 Å². The Bertz CT molecular complexity index is 578. The molecule has 1 atom stereocenters. The van der Waals surface area contributed by atoms with Gasteiger partial charge in [0.05, 0.1) is 6.04 Å². The van der Waals surface area contributed by atoms with E-state index < -0.39 is 0 Å². The molecule has 0 radical (unpaired) electrons. The van der Waals surface area contributed by atoms with E-state index in [9.17, 15) is 4.39 Å². The topological polar surface area (TPSA) is 33.4 Å². The lowest BCUT2D eigenvalue weighted by molar-refractivity contribution is 0.105. The Morgan fingerprint density at radius 1 is 1.26 bits per heavy atom. The largest absolute Gasteiger partial charge is 0.291 e. The van der Waals surface area contributed by atoms with Crippen molar-refractivity contribution in [3.05, 3.63) is 30.0 Å². The van der Waals surface area contributed by atoms with E-state index in [-0.39, 0.29) is 11.9 Å². The fourth-order valence-electron chi connectivity index (χ4n) is 2.96. The SMILES string of the molecule is CC(C)N1CCCC[C@H]1c1nnc2ccc(F)cn12. The molecule has 1 aliphatic rings. The van der Waals surface area contributed by atoms with Crippen LogP contribution in [-0.4, -0.2) is 32.1 Å². The van der Waals surface area contributed by atoms with Gasteiger partial charge in [-0.15, -0.1) is 10.2 Å². The van der Waals surface area contributed by atoms with Gasteiger partial charge in [-0.05, 0) is 45.4 Å². The number of pyridine rings is 1. The highest BCUT2D eigenvalue weighted by Crippen LogP contribution is 2.31. The van der Waals surface area contributed by atoms with Crippen molar-refractivity contribution in [2.24, 2.45) is 0 Å². The molecule has 1 fully saturated rings. The van der Waals surface area contributed by atoms with Crippen LogP contribution < -0.4 is 0 Å². The average Bonchev–Trinajstić information content (AvgIpc) is 2.81. The number of likely N-dealkylation sites (tertiary alicyclic amines) is 1. The minimum atomic E-state index is -0.250. The monoisotopic (exact) mass is 262 g/mol. The van der Waals surface area contributed by atoms with Gasteiger partial charge in [-0.1, -0.05) is 6.42 Å². The van der Waals surface area contributed by atoms with Crippen LogP contribution in [0.3, 0.4) is 0 Å². The van der Waals surface area contributed by atoms with E-state index in [1.54, 1.807) is 10.5 Å². The molecule has 0 unspecified atom stereocenters. The first-order valence-corrected chi connectivity index (χ1v) is 6.93. The quantitative estimate of drug-likeness (QED) is 0.834. The third kappa shape index (κ3) is 2.23. The molecule has 0 bridgehead atoms. The van der Waals surface area contributed by atoms with Crippen LogP contribution in [0.15, 0.2) is 18.3 Å². The molecule has 4 nitrogen and oxygen atoms in total. The second kappa shape index (κ2) is 4.89. The summed E-state index contributed by atoms with van der Waals surface area (Å²) in [5.41, 5.74) is 0.714. The second-order valence-electron chi connectivity index (χ2n) is 5.48. The zero-order valence-corrected chi connectivity index (χ0v) is 11.4. The van der Waals surface area contributed by atoms with Gasteiger partial charge in [0.2, 0.25) is 0 Å². The number of piperidine rings is 1. The third-order valence-corrected chi connectivity index (χ3v) is 3.90. The van der Waals surface area contributed by atoms with E-state index in [1.165, 1.54) is 25.1 Å². The Morgan fingerprint density at radius 2 is 2.11 bits per heavy atom. The molecular weight excluding hydrogens is 243 g/mol. The standard InChI is InChI=1S/C14H19FN4/c1-10(2)18-8-4-3-5-12(18)14-17-16-13-7-6-11(15)9-19(13)14/h6-7,9-10,12H,3-5,8H2,1-2H3/t12-/m0/s1. The predicted octanol–water partition coefficient (Wildman–Crippen LogP) is 2.80. The van der Waals surface area contributed by atoms with Gasteiger partial charge in [0.25, 0.3) is 0 Å². The maximum absolute atomic E-state index is 13.4. The molecule has 0 aliphatic carbocycles. The molecular formula is C14H19FN4. The van der Waals surface area contributed by atoms with Gasteiger partial charge >= 0.3 is 0 Å². The Balaban J connectivity index is 2.04. The second-order valence-corrected chi connectivity index (χ2v) is 5.48. The highest BCUT2D eigenvalue weighted by molar-refractivity contribution is 5.38. The zero-order chi connectivity index (χ0) is 13.4. The molecule has 0 amide bonds. The first-order chi connectivity index (χ1) is 9.16. The first-order valence-electron chi connectivity index (χ1n) is 6.93. The van der Waals surface area contributed by atoms with Crippen LogP contribution in [0.25, 0.3) is 5.65 Å². The molecule has 0 N–H and O–H groups in total. The predicted molar refractivity (Wildman–Crippen MR) is 71.4 cm³/mol. The van der Waals surface area contributed by atoms with E-state index in [4.69, 9.17) is 0 Å². The Kier molecular flexibility index (Phi) is 3.22. The van der Waals surface area contributed by atoms with Crippen LogP contribution in [-0.2, 0) is 0 Å². The number of hydrogen-bond donors (Lipinski definition) is 0. The summed E-state index contributed by atoms with van der Waals surface area (Å²) in [6, 6.07) is 3.81. The van der Waals surface area contributed by atoms with Crippen LogP contribution in [0, 0.1) is 5.82 Å². The summed E-state index contributed by atoms with van der Waals surface area (Å²) in [6.07, 6.45) is 4.96. The van der Waals surface area contributed by atoms with Crippen molar-refractivity contribution in [2.45, 2.75) is 45.2 Å². The third-order valence-electron chi connectivity index (χ3n) is 3.90. The zero-order valence-electron chi connectivity index (χ0n) is 11.4. The molecule has 2 aromatic heterocycles. The molecule has 2 aromatic rings. The molecule has 19 heavy (non-hydrogen) atoms. The van der Waals surface area contributed by atoms with Crippen LogP contribution >= 0.6 is 0 Å². The van der Waals surface area contributed by atoms with E-state index in [0.29, 0.717) is 11.7 Å². The minimum absolute atomic E-state index is 0.241. The number of halogens is 1. The highest BCUT2D eigenvalue weighted by Gasteiger charge is 2.29. The Hall–Kier alpha value is -1.49. The lowest BCUT2D eigenvalue weighted by Crippen LogP contribution is -2.39. The Morgan fingerprint density at radius 3 is 2.89 bits per heavy atom. The van der Waals surface area contributed by atoms with Crippen LogP contribution in [0.4, 0.5) is 4.39 Å². The molecule has 5 heteroatoms. The van der Waals surface area contributed by atoms with Gasteiger partial charge in [0.1, 0.15) is 5.82 Å². The maximum atomic E-state index is 13.4. The van der Waals surface area contributed by atoms with Crippen molar-refractivity contribution in [1.29, 1.82) is 0 Å². The number of fused-ring (bicyclic) bond motifs is 1. The van der Waals surface area contributed by atoms with E-state index in [2.05, 4.69) is 28.9 Å². The van der Waals surface area contributed by atoms with Crippen LogP contribution in [0.2, 0.25) is 0 Å². The van der Waals surface area contributed by atoms with E-state index in [0.717, 1.165) is 18.8 Å². The fourth-order valence-corrected chi connectivity index (χ4v) is 2.96. The highest BCUT2D eigenvalue weighted by atomic mass is 19.1. The van der Waals surface area contributed by atoms with Crippen molar-refractivity contribution in [3.63, 3.8) is 0 Å².